The number of nitrogens with zero attached hydrogens (tertiary/aromatic N) is 3. The molecule has 1 fully saturated rings. The Morgan fingerprint density at radius 1 is 1.08 bits per heavy atom. The molecule has 0 unspecified atom stereocenters. The Balaban J connectivity index is 1.49. The molecule has 1 aliphatic rings. The molecule has 0 spiro atoms. The summed E-state index contributed by atoms with van der Waals surface area (Å²) < 4.78 is 18.9. The number of anilines is 1. The Morgan fingerprint density at radius 2 is 1.89 bits per heavy atom. The van der Waals surface area contributed by atoms with E-state index in [0.717, 1.165) is 24.0 Å². The highest BCUT2D eigenvalue weighted by Crippen LogP contribution is 2.35. The average Bonchev–Trinajstić information content (AvgIpc) is 3.41. The van der Waals surface area contributed by atoms with Gasteiger partial charge in [0.1, 0.15) is 18.3 Å². The van der Waals surface area contributed by atoms with Crippen molar-refractivity contribution < 1.29 is 34.6 Å². The smallest absolute Gasteiger partial charge is 0.206 e. The molecule has 5 N–H and O–H groups in total. The number of ether oxygens (including phenoxy) is 3. The molecule has 0 radical (unpaired) electrons. The summed E-state index contributed by atoms with van der Waals surface area (Å²) in [5.74, 6) is 1.72. The summed E-state index contributed by atoms with van der Waals surface area (Å²) in [5, 5.41) is 42.8. The van der Waals surface area contributed by atoms with Crippen LogP contribution in [0.3, 0.4) is 0 Å². The molecule has 4 atom stereocenters. The van der Waals surface area contributed by atoms with Crippen LogP contribution in [0.25, 0.3) is 11.0 Å². The fourth-order valence-corrected chi connectivity index (χ4v) is 4.44. The molecule has 1 aliphatic heterocycles. The Hall–Kier alpha value is -2.93. The molecule has 11 nitrogen and oxygen atoms in total. The van der Waals surface area contributed by atoms with E-state index in [1.165, 1.54) is 0 Å². The van der Waals surface area contributed by atoms with Crippen molar-refractivity contribution in [1.82, 2.24) is 14.5 Å². The highest BCUT2D eigenvalue weighted by Gasteiger charge is 2.44. The fraction of sp³-hybridized carbons (Fsp3) is 0.500. The predicted molar refractivity (Wildman–Crippen MR) is 138 cm³/mol. The second-order valence-corrected chi connectivity index (χ2v) is 9.09. The maximum absolute atomic E-state index is 10.7. The van der Waals surface area contributed by atoms with E-state index in [0.29, 0.717) is 42.7 Å². The van der Waals surface area contributed by atoms with Gasteiger partial charge in [-0.15, -0.1) is 0 Å². The van der Waals surface area contributed by atoms with Crippen molar-refractivity contribution in [3.05, 3.63) is 48.0 Å². The van der Waals surface area contributed by atoms with Gasteiger partial charge in [0.25, 0.3) is 0 Å². The Labute approximate surface area is 215 Å². The number of aliphatic hydroxyl groups excluding tert-OH is 4. The Morgan fingerprint density at radius 3 is 2.62 bits per heavy atom. The zero-order valence-electron chi connectivity index (χ0n) is 21.2. The number of methoxy groups -OCH3 is 1. The maximum atomic E-state index is 10.7. The van der Waals surface area contributed by atoms with Crippen LogP contribution in [-0.4, -0.2) is 100 Å². The molecule has 0 aliphatic carbocycles. The number of hydrogen-bond acceptors (Lipinski definition) is 10. The first kappa shape index (κ1) is 27.1. The lowest BCUT2D eigenvalue weighted by molar-refractivity contribution is -0.0499. The van der Waals surface area contributed by atoms with Gasteiger partial charge in [-0.3, -0.25) is 4.57 Å². The van der Waals surface area contributed by atoms with Gasteiger partial charge >= 0.3 is 0 Å². The van der Waals surface area contributed by atoms with E-state index in [2.05, 4.69) is 10.3 Å². The lowest BCUT2D eigenvalue weighted by Crippen LogP contribution is -2.33. The van der Waals surface area contributed by atoms with Crippen molar-refractivity contribution in [1.29, 1.82) is 0 Å². The van der Waals surface area contributed by atoms with E-state index < -0.39 is 31.1 Å². The molecule has 0 amide bonds. The summed E-state index contributed by atoms with van der Waals surface area (Å²) in [4.78, 5) is 6.71. The summed E-state index contributed by atoms with van der Waals surface area (Å²) in [6.45, 7) is 2.06. The molecular weight excluding hydrogens is 480 g/mol. The molecule has 3 aromatic rings. The summed E-state index contributed by atoms with van der Waals surface area (Å²) in [7, 11) is 3.55. The number of likely N-dealkylation sites (N-methyl/N-ethyl adjacent to an activating group) is 1. The molecule has 0 saturated carbocycles. The van der Waals surface area contributed by atoms with Crippen LogP contribution in [0.5, 0.6) is 11.5 Å². The third-order valence-corrected chi connectivity index (χ3v) is 6.47. The van der Waals surface area contributed by atoms with Gasteiger partial charge in [0, 0.05) is 19.6 Å². The van der Waals surface area contributed by atoms with E-state index in [1.807, 2.05) is 54.4 Å². The van der Waals surface area contributed by atoms with E-state index >= 15 is 0 Å². The lowest BCUT2D eigenvalue weighted by Gasteiger charge is -2.20. The first-order valence-corrected chi connectivity index (χ1v) is 12.4. The number of benzene rings is 2. The number of nitrogens with one attached hydrogen (secondary N) is 1. The maximum Gasteiger partial charge on any atom is 0.206 e. The highest BCUT2D eigenvalue weighted by atomic mass is 16.6. The molecule has 2 aromatic carbocycles. The van der Waals surface area contributed by atoms with Crippen LogP contribution in [0.2, 0.25) is 0 Å². The van der Waals surface area contributed by atoms with Gasteiger partial charge in [-0.05, 0) is 43.3 Å². The quantitative estimate of drug-likeness (QED) is 0.209. The van der Waals surface area contributed by atoms with Crippen LogP contribution < -0.4 is 14.8 Å². The van der Waals surface area contributed by atoms with Crippen molar-refractivity contribution >= 4 is 17.0 Å². The third-order valence-electron chi connectivity index (χ3n) is 6.47. The second kappa shape index (κ2) is 12.5. The molecule has 1 aromatic heterocycles. The first-order chi connectivity index (χ1) is 18.0. The van der Waals surface area contributed by atoms with E-state index in [1.54, 1.807) is 11.7 Å². The summed E-state index contributed by atoms with van der Waals surface area (Å²) in [6, 6.07) is 13.1. The predicted octanol–water partition coefficient (Wildman–Crippen LogP) is 0.961. The molecule has 4 rings (SSSR count). The highest BCUT2D eigenvalue weighted by molar-refractivity contribution is 5.78. The van der Waals surface area contributed by atoms with Gasteiger partial charge in [-0.1, -0.05) is 18.2 Å². The monoisotopic (exact) mass is 516 g/mol. The van der Waals surface area contributed by atoms with Crippen LogP contribution >= 0.6 is 0 Å². The van der Waals surface area contributed by atoms with Gasteiger partial charge < -0.3 is 44.9 Å². The molecule has 202 valence electrons. The van der Waals surface area contributed by atoms with E-state index in [-0.39, 0.29) is 6.61 Å². The average molecular weight is 517 g/mol. The van der Waals surface area contributed by atoms with Crippen molar-refractivity contribution in [2.45, 2.75) is 37.5 Å². The van der Waals surface area contributed by atoms with Gasteiger partial charge in [0.05, 0.1) is 38.0 Å². The van der Waals surface area contributed by atoms with Crippen LogP contribution in [-0.2, 0) is 11.3 Å². The van der Waals surface area contributed by atoms with Crippen molar-refractivity contribution in [2.75, 3.05) is 52.4 Å². The number of hydrogen-bond donors (Lipinski definition) is 5. The van der Waals surface area contributed by atoms with Crippen LogP contribution in [0.1, 0.15) is 18.2 Å². The zero-order valence-corrected chi connectivity index (χ0v) is 21.2. The van der Waals surface area contributed by atoms with Crippen molar-refractivity contribution in [3.8, 4) is 11.5 Å². The topological polar surface area (TPSA) is 142 Å². The van der Waals surface area contributed by atoms with Crippen LogP contribution in [0.15, 0.2) is 42.5 Å². The van der Waals surface area contributed by atoms with Crippen LogP contribution in [0, 0.1) is 0 Å². The standard InChI is InChI=1S/C26H36N4O7/c1-29(11-12-31)10-5-13-36-21-14-17(8-9-20(21)35-2)15-27-26-28-18-6-3-4-7-19(18)30(26)25-24(34)23(33)22(16-32)37-25/h3-4,6-9,14,22-25,31-34H,5,10-13,15-16H2,1-2H3,(H,27,28)/t22-,23-,24-,25-/m1/s1. The van der Waals surface area contributed by atoms with Gasteiger partial charge in [-0.2, -0.15) is 0 Å². The first-order valence-electron chi connectivity index (χ1n) is 12.4. The minimum absolute atomic E-state index is 0.127. The zero-order chi connectivity index (χ0) is 26.4. The molecule has 1 saturated heterocycles. The van der Waals surface area contributed by atoms with E-state index in [4.69, 9.17) is 19.3 Å². The normalized spacial score (nSPS) is 21.6. The number of imidazole rings is 1. The van der Waals surface area contributed by atoms with Crippen molar-refractivity contribution in [3.63, 3.8) is 0 Å². The summed E-state index contributed by atoms with van der Waals surface area (Å²) >= 11 is 0. The van der Waals surface area contributed by atoms with Gasteiger partial charge in [-0.25, -0.2) is 4.98 Å². The van der Waals surface area contributed by atoms with Crippen LogP contribution in [0.4, 0.5) is 5.95 Å². The molecule has 37 heavy (non-hydrogen) atoms. The SMILES string of the molecule is COc1ccc(CNc2nc3ccccc3n2[C@@H]2O[C@H](CO)[C@@H](O)[C@H]2O)cc1OCCCN(C)CCO. The minimum atomic E-state index is -1.23. The minimum Gasteiger partial charge on any atom is -0.493 e. The second-order valence-electron chi connectivity index (χ2n) is 9.09. The van der Waals surface area contributed by atoms with Gasteiger partial charge in [0.15, 0.2) is 17.7 Å². The molecular formula is C26H36N4O7. The Kier molecular flexibility index (Phi) is 9.19. The number of aliphatic hydroxyl groups is 4. The van der Waals surface area contributed by atoms with E-state index in [9.17, 15) is 15.3 Å². The number of para-hydroxylation sites is 2. The lowest BCUT2D eigenvalue weighted by atomic mass is 10.1. The number of aromatic nitrogens is 2. The third kappa shape index (κ3) is 6.15. The Bertz CT molecular complexity index is 1160. The summed E-state index contributed by atoms with van der Waals surface area (Å²) in [5.41, 5.74) is 2.35. The largest absolute Gasteiger partial charge is 0.493 e. The number of fused-ring (bicyclic) bond motifs is 1. The molecule has 0 bridgehead atoms. The molecule has 11 heteroatoms. The molecule has 2 heterocycles. The summed E-state index contributed by atoms with van der Waals surface area (Å²) in [6.07, 6.45) is -3.45. The fourth-order valence-electron chi connectivity index (χ4n) is 4.44. The van der Waals surface area contributed by atoms with Crippen molar-refractivity contribution in [2.24, 2.45) is 0 Å². The van der Waals surface area contributed by atoms with Gasteiger partial charge in [0.2, 0.25) is 5.95 Å². The number of rotatable bonds is 13.